The lowest BCUT2D eigenvalue weighted by atomic mass is 9.87. The van der Waals surface area contributed by atoms with E-state index < -0.39 is 0 Å². The van der Waals surface area contributed by atoms with Gasteiger partial charge in [0.25, 0.3) is 0 Å². The fourth-order valence-corrected chi connectivity index (χ4v) is 5.81. The van der Waals surface area contributed by atoms with Gasteiger partial charge in [0.1, 0.15) is 0 Å². The maximum atomic E-state index is 2.53. The zero-order chi connectivity index (χ0) is 24.2. The Bertz CT molecular complexity index is 927. The standard InChI is InChI=1S/C34H50/c1-5-9-11-13-15-17-19-27-21-23-31-32-24-22-28(20-18-16-14-12-10-6-2)26-34(32)30(8-4)29(7-3)33(31)25-27/h21-26H,5-20H2,1-4H3. The van der Waals surface area contributed by atoms with Crippen molar-refractivity contribution in [3.8, 4) is 0 Å². The molecule has 0 aliphatic rings. The molecule has 0 atom stereocenters. The Morgan fingerprint density at radius 3 is 1.18 bits per heavy atom. The van der Waals surface area contributed by atoms with Crippen LogP contribution in [-0.4, -0.2) is 0 Å². The summed E-state index contributed by atoms with van der Waals surface area (Å²) in [7, 11) is 0. The van der Waals surface area contributed by atoms with Crippen molar-refractivity contribution in [1.82, 2.24) is 0 Å². The van der Waals surface area contributed by atoms with E-state index in [-0.39, 0.29) is 0 Å². The van der Waals surface area contributed by atoms with Crippen LogP contribution >= 0.6 is 0 Å². The smallest absolute Gasteiger partial charge is 0.0102 e. The summed E-state index contributed by atoms with van der Waals surface area (Å²) >= 11 is 0. The predicted molar refractivity (Wildman–Crippen MR) is 154 cm³/mol. The van der Waals surface area contributed by atoms with Crippen LogP contribution in [0.5, 0.6) is 0 Å². The quantitative estimate of drug-likeness (QED) is 0.148. The van der Waals surface area contributed by atoms with Crippen molar-refractivity contribution in [2.24, 2.45) is 0 Å². The highest BCUT2D eigenvalue weighted by Crippen LogP contribution is 2.35. The number of rotatable bonds is 16. The minimum Gasteiger partial charge on any atom is -0.0654 e. The zero-order valence-electron chi connectivity index (χ0n) is 22.8. The van der Waals surface area contributed by atoms with Gasteiger partial charge in [-0.1, -0.05) is 128 Å². The molecule has 0 saturated heterocycles. The highest BCUT2D eigenvalue weighted by molar-refractivity contribution is 6.11. The molecule has 3 rings (SSSR count). The molecule has 186 valence electrons. The third-order valence-electron chi connectivity index (χ3n) is 7.82. The first-order valence-electron chi connectivity index (χ1n) is 14.7. The monoisotopic (exact) mass is 458 g/mol. The minimum atomic E-state index is 1.12. The first-order valence-corrected chi connectivity index (χ1v) is 14.7. The van der Waals surface area contributed by atoms with Crippen LogP contribution in [0.1, 0.15) is 127 Å². The molecular weight excluding hydrogens is 408 g/mol. The van der Waals surface area contributed by atoms with Gasteiger partial charge in [-0.3, -0.25) is 0 Å². The molecular formula is C34H50. The van der Waals surface area contributed by atoms with E-state index >= 15 is 0 Å². The molecule has 3 aromatic rings. The Hall–Kier alpha value is -1.82. The molecule has 0 saturated carbocycles. The SMILES string of the molecule is CCCCCCCCc1ccc2c(c1)c(CC)c(CC)c1cc(CCCCCCCC)ccc12. The Kier molecular flexibility index (Phi) is 11.5. The van der Waals surface area contributed by atoms with E-state index in [2.05, 4.69) is 64.1 Å². The maximum absolute atomic E-state index is 2.53. The molecule has 0 bridgehead atoms. The van der Waals surface area contributed by atoms with E-state index in [1.165, 1.54) is 123 Å². The average Bonchev–Trinajstić information content (AvgIpc) is 2.87. The first kappa shape index (κ1) is 26.8. The Labute approximate surface area is 210 Å². The van der Waals surface area contributed by atoms with Gasteiger partial charge in [0, 0.05) is 0 Å². The summed E-state index contributed by atoms with van der Waals surface area (Å²) in [5.74, 6) is 0. The van der Waals surface area contributed by atoms with Crippen molar-refractivity contribution >= 4 is 21.5 Å². The third-order valence-corrected chi connectivity index (χ3v) is 7.82. The lowest BCUT2D eigenvalue weighted by Gasteiger charge is -2.18. The van der Waals surface area contributed by atoms with Crippen LogP contribution in [-0.2, 0) is 25.7 Å². The summed E-state index contributed by atoms with van der Waals surface area (Å²) in [5.41, 5.74) is 6.23. The summed E-state index contributed by atoms with van der Waals surface area (Å²) < 4.78 is 0. The van der Waals surface area contributed by atoms with Crippen LogP contribution in [0.2, 0.25) is 0 Å². The van der Waals surface area contributed by atoms with Crippen molar-refractivity contribution in [3.05, 3.63) is 58.7 Å². The van der Waals surface area contributed by atoms with Gasteiger partial charge in [0.2, 0.25) is 0 Å². The van der Waals surface area contributed by atoms with Crippen LogP contribution in [0, 0.1) is 0 Å². The van der Waals surface area contributed by atoms with E-state index in [0.29, 0.717) is 0 Å². The number of hydrogen-bond acceptors (Lipinski definition) is 0. The molecule has 34 heavy (non-hydrogen) atoms. The number of aryl methyl sites for hydroxylation is 4. The second-order valence-corrected chi connectivity index (χ2v) is 10.5. The van der Waals surface area contributed by atoms with Gasteiger partial charge in [-0.15, -0.1) is 0 Å². The van der Waals surface area contributed by atoms with Crippen LogP contribution in [0.3, 0.4) is 0 Å². The summed E-state index contributed by atoms with van der Waals surface area (Å²) in [6, 6.07) is 14.7. The third kappa shape index (κ3) is 7.10. The summed E-state index contributed by atoms with van der Waals surface area (Å²) in [5, 5.41) is 5.95. The molecule has 0 radical (unpaired) electrons. The topological polar surface area (TPSA) is 0 Å². The van der Waals surface area contributed by atoms with Gasteiger partial charge in [0.05, 0.1) is 0 Å². The molecule has 0 aromatic heterocycles. The Morgan fingerprint density at radius 2 is 0.794 bits per heavy atom. The van der Waals surface area contributed by atoms with E-state index in [4.69, 9.17) is 0 Å². The fraction of sp³-hybridized carbons (Fsp3) is 0.588. The second-order valence-electron chi connectivity index (χ2n) is 10.5. The molecule has 0 fully saturated rings. The van der Waals surface area contributed by atoms with Crippen molar-refractivity contribution in [2.45, 2.75) is 130 Å². The number of fused-ring (bicyclic) bond motifs is 3. The van der Waals surface area contributed by atoms with E-state index in [1.54, 1.807) is 11.1 Å². The highest BCUT2D eigenvalue weighted by atomic mass is 14.2. The molecule has 0 nitrogen and oxygen atoms in total. The fourth-order valence-electron chi connectivity index (χ4n) is 5.81. The van der Waals surface area contributed by atoms with Crippen molar-refractivity contribution < 1.29 is 0 Å². The Balaban J connectivity index is 1.81. The number of benzene rings is 3. The van der Waals surface area contributed by atoms with Gasteiger partial charge in [-0.25, -0.2) is 0 Å². The summed E-state index contributed by atoms with van der Waals surface area (Å²) in [6.07, 6.45) is 21.1. The van der Waals surface area contributed by atoms with Crippen molar-refractivity contribution in [3.63, 3.8) is 0 Å². The second kappa shape index (κ2) is 14.6. The molecule has 0 N–H and O–H groups in total. The molecule has 0 unspecified atom stereocenters. The molecule has 0 aliphatic heterocycles. The molecule has 0 amide bonds. The van der Waals surface area contributed by atoms with Gasteiger partial charge < -0.3 is 0 Å². The van der Waals surface area contributed by atoms with Crippen LogP contribution in [0.25, 0.3) is 21.5 Å². The molecule has 0 heterocycles. The van der Waals surface area contributed by atoms with Crippen molar-refractivity contribution in [1.29, 1.82) is 0 Å². The molecule has 0 aliphatic carbocycles. The number of hydrogen-bond donors (Lipinski definition) is 0. The average molecular weight is 459 g/mol. The maximum Gasteiger partial charge on any atom is -0.0102 e. The molecule has 0 spiro atoms. The summed E-state index contributed by atoms with van der Waals surface area (Å²) in [4.78, 5) is 0. The largest absolute Gasteiger partial charge is 0.0654 e. The molecule has 3 aromatic carbocycles. The van der Waals surface area contributed by atoms with Gasteiger partial charge in [0.15, 0.2) is 0 Å². The first-order chi connectivity index (χ1) is 16.7. The van der Waals surface area contributed by atoms with Gasteiger partial charge in [-0.05, 0) is 82.3 Å². The lowest BCUT2D eigenvalue weighted by molar-refractivity contribution is 0.607. The summed E-state index contributed by atoms with van der Waals surface area (Å²) in [6.45, 7) is 9.29. The highest BCUT2D eigenvalue weighted by Gasteiger charge is 2.13. The van der Waals surface area contributed by atoms with Gasteiger partial charge >= 0.3 is 0 Å². The Morgan fingerprint density at radius 1 is 0.412 bits per heavy atom. The zero-order valence-corrected chi connectivity index (χ0v) is 22.8. The van der Waals surface area contributed by atoms with E-state index in [0.717, 1.165) is 12.8 Å². The van der Waals surface area contributed by atoms with Crippen molar-refractivity contribution in [2.75, 3.05) is 0 Å². The van der Waals surface area contributed by atoms with E-state index in [1.807, 2.05) is 0 Å². The van der Waals surface area contributed by atoms with Crippen LogP contribution in [0.15, 0.2) is 36.4 Å². The van der Waals surface area contributed by atoms with Crippen LogP contribution < -0.4 is 0 Å². The predicted octanol–water partition coefficient (Wildman–Crippen LogP) is 10.9. The molecule has 0 heteroatoms. The minimum absolute atomic E-state index is 1.12. The normalized spacial score (nSPS) is 11.6. The lowest BCUT2D eigenvalue weighted by Crippen LogP contribution is -1.98. The van der Waals surface area contributed by atoms with E-state index in [9.17, 15) is 0 Å². The number of unbranched alkanes of at least 4 members (excludes halogenated alkanes) is 10. The van der Waals surface area contributed by atoms with Gasteiger partial charge in [-0.2, -0.15) is 0 Å². The van der Waals surface area contributed by atoms with Crippen LogP contribution in [0.4, 0.5) is 0 Å².